The molecular formula is C22H20F2N6O2. The number of benzene rings is 1. The third-order valence-corrected chi connectivity index (χ3v) is 5.49. The summed E-state index contributed by atoms with van der Waals surface area (Å²) in [6.45, 7) is 1.36. The van der Waals surface area contributed by atoms with E-state index in [2.05, 4.69) is 20.2 Å². The van der Waals surface area contributed by atoms with Crippen LogP contribution >= 0.6 is 0 Å². The lowest BCUT2D eigenvalue weighted by Gasteiger charge is -2.17. The van der Waals surface area contributed by atoms with E-state index in [1.807, 2.05) is 4.90 Å². The fourth-order valence-corrected chi connectivity index (χ4v) is 3.80. The van der Waals surface area contributed by atoms with Gasteiger partial charge in [0.1, 0.15) is 23.5 Å². The maximum absolute atomic E-state index is 14.5. The molecule has 1 unspecified atom stereocenters. The second-order valence-corrected chi connectivity index (χ2v) is 7.51. The molecule has 8 nitrogen and oxygen atoms in total. The average molecular weight is 438 g/mol. The SMILES string of the molecule is COC1CCN(c2nc(-c3cc(-c4ccon4)n(Cc4ccccc4F)n3)ncc2F)C1. The number of ether oxygens (including phenoxy) is 1. The van der Waals surface area contributed by atoms with Crippen LogP contribution in [0.5, 0.6) is 0 Å². The Labute approximate surface area is 182 Å². The van der Waals surface area contributed by atoms with E-state index in [-0.39, 0.29) is 30.1 Å². The molecule has 1 aliphatic rings. The molecule has 1 aliphatic heterocycles. The van der Waals surface area contributed by atoms with Crippen LogP contribution in [0.4, 0.5) is 14.6 Å². The van der Waals surface area contributed by atoms with Crippen molar-refractivity contribution in [2.24, 2.45) is 0 Å². The Morgan fingerprint density at radius 3 is 2.78 bits per heavy atom. The maximum Gasteiger partial charge on any atom is 0.183 e. The molecule has 32 heavy (non-hydrogen) atoms. The predicted octanol–water partition coefficient (Wildman–Crippen LogP) is 3.55. The molecule has 5 rings (SSSR count). The summed E-state index contributed by atoms with van der Waals surface area (Å²) in [6.07, 6.45) is 3.42. The molecule has 10 heteroatoms. The summed E-state index contributed by atoms with van der Waals surface area (Å²) in [5, 5.41) is 8.56. The molecule has 1 atom stereocenters. The van der Waals surface area contributed by atoms with Crippen molar-refractivity contribution in [3.8, 4) is 22.9 Å². The molecule has 164 valence electrons. The van der Waals surface area contributed by atoms with Crippen LogP contribution in [0, 0.1) is 11.6 Å². The first-order valence-electron chi connectivity index (χ1n) is 10.1. The molecule has 0 spiro atoms. The molecule has 0 bridgehead atoms. The second-order valence-electron chi connectivity index (χ2n) is 7.51. The fraction of sp³-hybridized carbons (Fsp3) is 0.273. The van der Waals surface area contributed by atoms with E-state index in [0.717, 1.165) is 12.6 Å². The number of nitrogens with zero attached hydrogens (tertiary/aromatic N) is 6. The van der Waals surface area contributed by atoms with E-state index in [0.29, 0.717) is 35.7 Å². The van der Waals surface area contributed by atoms with Gasteiger partial charge in [-0.05, 0) is 18.6 Å². The lowest BCUT2D eigenvalue weighted by Crippen LogP contribution is -2.24. The van der Waals surface area contributed by atoms with E-state index in [4.69, 9.17) is 9.26 Å². The van der Waals surface area contributed by atoms with Gasteiger partial charge in [0.05, 0.1) is 24.5 Å². The molecule has 1 aromatic carbocycles. The van der Waals surface area contributed by atoms with Crippen LogP contribution < -0.4 is 4.90 Å². The van der Waals surface area contributed by atoms with Crippen molar-refractivity contribution in [3.63, 3.8) is 0 Å². The maximum atomic E-state index is 14.5. The van der Waals surface area contributed by atoms with E-state index < -0.39 is 5.82 Å². The Morgan fingerprint density at radius 2 is 2.03 bits per heavy atom. The Bertz CT molecular complexity index is 1230. The molecule has 1 saturated heterocycles. The van der Waals surface area contributed by atoms with Crippen LogP contribution in [-0.2, 0) is 11.3 Å². The molecule has 0 radical (unpaired) electrons. The highest BCUT2D eigenvalue weighted by atomic mass is 19.1. The second kappa shape index (κ2) is 8.46. The zero-order valence-electron chi connectivity index (χ0n) is 17.3. The van der Waals surface area contributed by atoms with E-state index in [1.165, 1.54) is 12.3 Å². The van der Waals surface area contributed by atoms with Gasteiger partial charge in [0.2, 0.25) is 0 Å². The van der Waals surface area contributed by atoms with Gasteiger partial charge in [-0.15, -0.1) is 0 Å². The number of anilines is 1. The summed E-state index contributed by atoms with van der Waals surface area (Å²) in [7, 11) is 1.64. The van der Waals surface area contributed by atoms with Crippen molar-refractivity contribution >= 4 is 5.82 Å². The fourth-order valence-electron chi connectivity index (χ4n) is 3.80. The van der Waals surface area contributed by atoms with Crippen LogP contribution in [0.2, 0.25) is 0 Å². The van der Waals surface area contributed by atoms with Crippen LogP contribution in [0.25, 0.3) is 22.9 Å². The van der Waals surface area contributed by atoms with Gasteiger partial charge in [0.15, 0.2) is 17.5 Å². The van der Waals surface area contributed by atoms with Crippen LogP contribution in [0.1, 0.15) is 12.0 Å². The first-order valence-corrected chi connectivity index (χ1v) is 10.1. The van der Waals surface area contributed by atoms with Crippen LogP contribution in [-0.4, -0.2) is 51.2 Å². The van der Waals surface area contributed by atoms with Gasteiger partial charge in [0, 0.05) is 31.8 Å². The van der Waals surface area contributed by atoms with Gasteiger partial charge in [0.25, 0.3) is 0 Å². The van der Waals surface area contributed by atoms with Gasteiger partial charge < -0.3 is 14.2 Å². The van der Waals surface area contributed by atoms with Crippen molar-refractivity contribution in [1.82, 2.24) is 24.9 Å². The van der Waals surface area contributed by atoms with Crippen molar-refractivity contribution in [2.75, 3.05) is 25.1 Å². The van der Waals surface area contributed by atoms with Crippen molar-refractivity contribution in [1.29, 1.82) is 0 Å². The van der Waals surface area contributed by atoms with Gasteiger partial charge in [-0.3, -0.25) is 4.68 Å². The Kier molecular flexibility index (Phi) is 5.36. The molecule has 1 fully saturated rings. The summed E-state index contributed by atoms with van der Waals surface area (Å²) in [4.78, 5) is 10.4. The lowest BCUT2D eigenvalue weighted by molar-refractivity contribution is 0.121. The first kappa shape index (κ1) is 20.3. The average Bonchev–Trinajstić information content (AvgIpc) is 3.56. The summed E-state index contributed by atoms with van der Waals surface area (Å²) in [5.41, 5.74) is 2.02. The van der Waals surface area contributed by atoms with Crippen LogP contribution in [0.15, 0.2) is 53.4 Å². The first-order chi connectivity index (χ1) is 15.6. The molecule has 4 aromatic rings. The van der Waals surface area contributed by atoms with E-state index in [9.17, 15) is 8.78 Å². The van der Waals surface area contributed by atoms with Gasteiger partial charge in [-0.1, -0.05) is 23.4 Å². The Balaban J connectivity index is 1.53. The molecule has 0 N–H and O–H groups in total. The quantitative estimate of drug-likeness (QED) is 0.455. The Hall–Kier alpha value is -3.66. The largest absolute Gasteiger partial charge is 0.380 e. The Morgan fingerprint density at radius 1 is 1.16 bits per heavy atom. The lowest BCUT2D eigenvalue weighted by atomic mass is 10.2. The number of rotatable bonds is 6. The zero-order valence-corrected chi connectivity index (χ0v) is 17.3. The van der Waals surface area contributed by atoms with E-state index >= 15 is 0 Å². The third-order valence-electron chi connectivity index (χ3n) is 5.49. The normalized spacial score (nSPS) is 16.1. The third kappa shape index (κ3) is 3.84. The minimum Gasteiger partial charge on any atom is -0.380 e. The minimum atomic E-state index is -0.506. The number of aromatic nitrogens is 5. The highest BCUT2D eigenvalue weighted by Crippen LogP contribution is 2.28. The summed E-state index contributed by atoms with van der Waals surface area (Å²) < 4.78 is 40.7. The number of hydrogen-bond acceptors (Lipinski definition) is 7. The topological polar surface area (TPSA) is 82.1 Å². The van der Waals surface area contributed by atoms with Crippen molar-refractivity contribution < 1.29 is 18.0 Å². The van der Waals surface area contributed by atoms with Gasteiger partial charge in [-0.25, -0.2) is 18.7 Å². The van der Waals surface area contributed by atoms with Gasteiger partial charge >= 0.3 is 0 Å². The number of halogens is 2. The summed E-state index contributed by atoms with van der Waals surface area (Å²) in [6, 6.07) is 9.90. The zero-order chi connectivity index (χ0) is 22.1. The highest BCUT2D eigenvalue weighted by Gasteiger charge is 2.26. The van der Waals surface area contributed by atoms with E-state index in [1.54, 1.807) is 42.1 Å². The monoisotopic (exact) mass is 438 g/mol. The standard InChI is InChI=1S/C22H20F2N6O2/c1-31-15-6-8-29(13-15)22-17(24)11-25-21(26-22)19-10-20(18-7-9-32-28-18)30(27-19)12-14-4-2-3-5-16(14)23/h2-5,7,9-11,15H,6,8,12-13H2,1H3. The predicted molar refractivity (Wildman–Crippen MR) is 112 cm³/mol. The molecule has 4 heterocycles. The minimum absolute atomic E-state index is 0.0339. The van der Waals surface area contributed by atoms with Crippen molar-refractivity contribution in [2.45, 2.75) is 19.1 Å². The molecule has 0 aliphatic carbocycles. The summed E-state index contributed by atoms with van der Waals surface area (Å²) in [5.74, 6) is -0.369. The molecular weight excluding hydrogens is 418 g/mol. The molecule has 3 aromatic heterocycles. The smallest absolute Gasteiger partial charge is 0.183 e. The number of methoxy groups -OCH3 is 1. The van der Waals surface area contributed by atoms with Crippen molar-refractivity contribution in [3.05, 3.63) is 66.1 Å². The van der Waals surface area contributed by atoms with Crippen LogP contribution in [0.3, 0.4) is 0 Å². The van der Waals surface area contributed by atoms with Gasteiger partial charge in [-0.2, -0.15) is 5.10 Å². The number of hydrogen-bond donors (Lipinski definition) is 0. The highest BCUT2D eigenvalue weighted by molar-refractivity contribution is 5.63. The molecule has 0 saturated carbocycles. The molecule has 0 amide bonds. The summed E-state index contributed by atoms with van der Waals surface area (Å²) >= 11 is 0.